The van der Waals surface area contributed by atoms with Gasteiger partial charge in [0.15, 0.2) is 11.5 Å². The summed E-state index contributed by atoms with van der Waals surface area (Å²) >= 11 is 0. The maximum Gasteiger partial charge on any atom is 0.416 e. The van der Waals surface area contributed by atoms with Gasteiger partial charge in [-0.3, -0.25) is 0 Å². The smallest absolute Gasteiger partial charge is 0.416 e. The number of hydrogen-bond acceptors (Lipinski definition) is 5. The first-order valence-electron chi connectivity index (χ1n) is 10.7. The van der Waals surface area contributed by atoms with E-state index in [9.17, 15) is 13.2 Å². The number of fused-ring (bicyclic) bond motifs is 4. The van der Waals surface area contributed by atoms with Gasteiger partial charge < -0.3 is 14.2 Å². The summed E-state index contributed by atoms with van der Waals surface area (Å²) in [6, 6.07) is 18.4. The molecule has 0 fully saturated rings. The molecule has 0 radical (unpaired) electrons. The van der Waals surface area contributed by atoms with Crippen molar-refractivity contribution in [3.05, 3.63) is 89.0 Å². The van der Waals surface area contributed by atoms with E-state index < -0.39 is 18.0 Å². The van der Waals surface area contributed by atoms with Crippen molar-refractivity contribution >= 4 is 5.71 Å². The van der Waals surface area contributed by atoms with E-state index in [1.165, 1.54) is 6.07 Å². The van der Waals surface area contributed by atoms with E-state index in [0.717, 1.165) is 29.0 Å². The molecule has 3 aromatic carbocycles. The third kappa shape index (κ3) is 3.46. The van der Waals surface area contributed by atoms with Crippen LogP contribution in [0.4, 0.5) is 13.2 Å². The summed E-state index contributed by atoms with van der Waals surface area (Å²) in [5.74, 6) is 2.01. The molecule has 33 heavy (non-hydrogen) atoms. The second-order valence-corrected chi connectivity index (χ2v) is 8.14. The molecule has 3 heterocycles. The van der Waals surface area contributed by atoms with E-state index in [4.69, 9.17) is 19.3 Å². The molecule has 6 rings (SSSR count). The fourth-order valence-corrected chi connectivity index (χ4v) is 4.52. The van der Waals surface area contributed by atoms with E-state index in [2.05, 4.69) is 0 Å². The Morgan fingerprint density at radius 3 is 2.52 bits per heavy atom. The van der Waals surface area contributed by atoms with Gasteiger partial charge in [0, 0.05) is 23.1 Å². The van der Waals surface area contributed by atoms with Gasteiger partial charge in [0.2, 0.25) is 6.23 Å². The van der Waals surface area contributed by atoms with Crippen LogP contribution in [-0.2, 0) is 6.18 Å². The summed E-state index contributed by atoms with van der Waals surface area (Å²) in [6.07, 6.45) is -4.62. The van der Waals surface area contributed by atoms with Crippen LogP contribution in [0.5, 0.6) is 17.2 Å². The maximum absolute atomic E-state index is 13.4. The zero-order valence-corrected chi connectivity index (χ0v) is 17.4. The zero-order valence-electron chi connectivity index (χ0n) is 17.4. The van der Waals surface area contributed by atoms with Crippen molar-refractivity contribution in [3.8, 4) is 17.2 Å². The first kappa shape index (κ1) is 20.0. The van der Waals surface area contributed by atoms with Crippen molar-refractivity contribution < 1.29 is 27.4 Å². The van der Waals surface area contributed by atoms with E-state index >= 15 is 0 Å². The highest BCUT2D eigenvalue weighted by molar-refractivity contribution is 6.02. The van der Waals surface area contributed by atoms with Crippen LogP contribution in [0.2, 0.25) is 0 Å². The number of para-hydroxylation sites is 1. The molecule has 0 N–H and O–H groups in total. The van der Waals surface area contributed by atoms with Crippen molar-refractivity contribution in [2.75, 3.05) is 13.2 Å². The summed E-state index contributed by atoms with van der Waals surface area (Å²) in [7, 11) is 0. The molecule has 0 bridgehead atoms. The number of benzene rings is 3. The molecule has 8 heteroatoms. The minimum Gasteiger partial charge on any atom is -0.486 e. The summed E-state index contributed by atoms with van der Waals surface area (Å²) in [5.41, 5.74) is 2.34. The third-order valence-electron chi connectivity index (χ3n) is 6.07. The summed E-state index contributed by atoms with van der Waals surface area (Å²) in [5, 5.41) is 6.59. The molecule has 3 aliphatic heterocycles. The largest absolute Gasteiger partial charge is 0.486 e. The van der Waals surface area contributed by atoms with Crippen molar-refractivity contribution in [2.45, 2.75) is 24.9 Å². The molecule has 0 unspecified atom stereocenters. The molecule has 0 aromatic heterocycles. The Labute approximate surface area is 188 Å². The van der Waals surface area contributed by atoms with Gasteiger partial charge in [-0.15, -0.1) is 0 Å². The van der Waals surface area contributed by atoms with Gasteiger partial charge in [-0.2, -0.15) is 18.3 Å². The summed E-state index contributed by atoms with van der Waals surface area (Å²) < 4.78 is 57.6. The Morgan fingerprint density at radius 2 is 1.67 bits per heavy atom. The lowest BCUT2D eigenvalue weighted by Gasteiger charge is -2.38. The van der Waals surface area contributed by atoms with Crippen LogP contribution in [0, 0.1) is 0 Å². The second-order valence-electron chi connectivity index (χ2n) is 8.14. The van der Waals surface area contributed by atoms with Gasteiger partial charge in [-0.25, -0.2) is 5.01 Å². The van der Waals surface area contributed by atoms with Gasteiger partial charge in [-0.05, 0) is 36.4 Å². The first-order chi connectivity index (χ1) is 16.0. The van der Waals surface area contributed by atoms with Crippen LogP contribution in [-0.4, -0.2) is 23.9 Å². The molecule has 5 nitrogen and oxygen atoms in total. The molecular formula is C25H19F3N2O3. The highest BCUT2D eigenvalue weighted by Gasteiger charge is 2.42. The van der Waals surface area contributed by atoms with Crippen molar-refractivity contribution in [3.63, 3.8) is 0 Å². The molecule has 3 aliphatic rings. The van der Waals surface area contributed by atoms with Gasteiger partial charge in [0.05, 0.1) is 17.3 Å². The molecule has 0 aliphatic carbocycles. The zero-order chi connectivity index (χ0) is 22.6. The topological polar surface area (TPSA) is 43.3 Å². The van der Waals surface area contributed by atoms with Crippen LogP contribution < -0.4 is 14.2 Å². The standard InChI is InChI=1S/C25H19F3N2O3/c26-25(27,28)17-5-3-4-16(12-17)24-30-20(18-6-1-2-7-21(18)33-24)14-19(29-30)15-8-9-22-23(13-15)32-11-10-31-22/h1-9,12-13,20,24H,10-11,14H2/t20-,24-/m0/s1. The van der Waals surface area contributed by atoms with Crippen molar-refractivity contribution in [2.24, 2.45) is 5.10 Å². The van der Waals surface area contributed by atoms with Gasteiger partial charge in [0.1, 0.15) is 19.0 Å². The van der Waals surface area contributed by atoms with E-state index in [1.54, 1.807) is 11.1 Å². The predicted octanol–water partition coefficient (Wildman–Crippen LogP) is 5.72. The minimum atomic E-state index is -4.44. The number of halogens is 3. The molecule has 168 valence electrons. The molecule has 0 saturated heterocycles. The number of alkyl halides is 3. The third-order valence-corrected chi connectivity index (χ3v) is 6.07. The number of nitrogens with zero attached hydrogens (tertiary/aromatic N) is 2. The van der Waals surface area contributed by atoms with Crippen molar-refractivity contribution in [1.29, 1.82) is 0 Å². The quantitative estimate of drug-likeness (QED) is 0.499. The Hall–Kier alpha value is -3.68. The van der Waals surface area contributed by atoms with Crippen LogP contribution >= 0.6 is 0 Å². The molecule has 3 aromatic rings. The lowest BCUT2D eigenvalue weighted by molar-refractivity contribution is -0.137. The lowest BCUT2D eigenvalue weighted by atomic mass is 9.95. The highest BCUT2D eigenvalue weighted by atomic mass is 19.4. The summed E-state index contributed by atoms with van der Waals surface area (Å²) in [6.45, 7) is 0.993. The monoisotopic (exact) mass is 452 g/mol. The number of rotatable bonds is 2. The van der Waals surface area contributed by atoms with Crippen LogP contribution in [0.25, 0.3) is 0 Å². The van der Waals surface area contributed by atoms with E-state index in [1.807, 2.05) is 42.5 Å². The molecule has 0 amide bonds. The Bertz CT molecular complexity index is 1260. The Balaban J connectivity index is 1.41. The van der Waals surface area contributed by atoms with Crippen LogP contribution in [0.15, 0.2) is 71.8 Å². The summed E-state index contributed by atoms with van der Waals surface area (Å²) in [4.78, 5) is 0. The minimum absolute atomic E-state index is 0.155. The van der Waals surface area contributed by atoms with Gasteiger partial charge in [0.25, 0.3) is 0 Å². The van der Waals surface area contributed by atoms with Crippen LogP contribution in [0.1, 0.15) is 40.9 Å². The number of hydrogen-bond donors (Lipinski definition) is 0. The number of ether oxygens (including phenoxy) is 3. The predicted molar refractivity (Wildman–Crippen MR) is 114 cm³/mol. The average Bonchev–Trinajstić information content (AvgIpc) is 3.29. The fourth-order valence-electron chi connectivity index (χ4n) is 4.52. The molecular weight excluding hydrogens is 433 g/mol. The van der Waals surface area contributed by atoms with Crippen molar-refractivity contribution in [1.82, 2.24) is 5.01 Å². The Morgan fingerprint density at radius 1 is 0.848 bits per heavy atom. The lowest BCUT2D eigenvalue weighted by Crippen LogP contribution is -2.33. The molecule has 0 saturated carbocycles. The van der Waals surface area contributed by atoms with Gasteiger partial charge >= 0.3 is 6.18 Å². The normalized spacial score (nSPS) is 21.1. The SMILES string of the molecule is FC(F)(F)c1cccc([C@@H]2Oc3ccccc3[C@@H]3CC(c4ccc5c(c4)OCCO5)=NN32)c1. The van der Waals surface area contributed by atoms with E-state index in [-0.39, 0.29) is 6.04 Å². The second kappa shape index (κ2) is 7.43. The first-order valence-corrected chi connectivity index (χ1v) is 10.7. The number of hydrazone groups is 1. The fraction of sp³-hybridized carbons (Fsp3) is 0.240. The Kier molecular flexibility index (Phi) is 4.50. The van der Waals surface area contributed by atoms with Crippen LogP contribution in [0.3, 0.4) is 0 Å². The molecule has 0 spiro atoms. The van der Waals surface area contributed by atoms with E-state index in [0.29, 0.717) is 42.4 Å². The van der Waals surface area contributed by atoms with Gasteiger partial charge in [-0.1, -0.05) is 30.3 Å². The highest BCUT2D eigenvalue weighted by Crippen LogP contribution is 2.48. The average molecular weight is 452 g/mol. The molecule has 2 atom stereocenters. The maximum atomic E-state index is 13.4.